The molecule has 1 atom stereocenters. The van der Waals surface area contributed by atoms with E-state index in [2.05, 4.69) is 54.5 Å². The van der Waals surface area contributed by atoms with Gasteiger partial charge >= 0.3 is 0 Å². The zero-order valence-corrected chi connectivity index (χ0v) is 20.1. The van der Waals surface area contributed by atoms with Gasteiger partial charge < -0.3 is 15.2 Å². The Morgan fingerprint density at radius 1 is 1.31 bits per heavy atom. The van der Waals surface area contributed by atoms with Crippen LogP contribution in [0.1, 0.15) is 40.5 Å². The van der Waals surface area contributed by atoms with Crippen molar-refractivity contribution in [1.82, 2.24) is 14.4 Å². The fourth-order valence-electron chi connectivity index (χ4n) is 3.92. The van der Waals surface area contributed by atoms with Crippen LogP contribution in [0.4, 0.5) is 10.2 Å². The molecule has 0 bridgehead atoms. The first-order chi connectivity index (χ1) is 15.2. The molecule has 1 aliphatic carbocycles. The van der Waals surface area contributed by atoms with Crippen LogP contribution in [0, 0.1) is 11.4 Å². The minimum atomic E-state index is -0.557. The molecule has 0 aliphatic heterocycles. The minimum Gasteiger partial charge on any atom is -0.495 e. The molecule has 0 radical (unpaired) electrons. The van der Waals surface area contributed by atoms with Crippen LogP contribution in [0.3, 0.4) is 0 Å². The molecule has 2 N–H and O–H groups in total. The molecule has 0 spiro atoms. The molecule has 1 aliphatic rings. The van der Waals surface area contributed by atoms with E-state index in [0.717, 1.165) is 34.8 Å². The molecule has 1 fully saturated rings. The van der Waals surface area contributed by atoms with Gasteiger partial charge in [-0.15, -0.1) is 10.5 Å². The first-order valence-electron chi connectivity index (χ1n) is 10.8. The maximum Gasteiger partial charge on any atom is 0.215 e. The maximum atomic E-state index is 14.4. The number of nitrogens with one attached hydrogen (secondary N) is 1. The van der Waals surface area contributed by atoms with Gasteiger partial charge in [0, 0.05) is 40.6 Å². The number of methoxy groups -OCH3 is 1. The van der Waals surface area contributed by atoms with Crippen LogP contribution >= 0.6 is 10.5 Å². The number of imidazole rings is 1. The van der Waals surface area contributed by atoms with Crippen LogP contribution in [0.25, 0.3) is 16.9 Å². The first-order valence-corrected chi connectivity index (χ1v) is 12.1. The molecule has 1 unspecified atom stereocenters. The largest absolute Gasteiger partial charge is 0.495 e. The van der Waals surface area contributed by atoms with Crippen LogP contribution in [-0.4, -0.2) is 49.9 Å². The summed E-state index contributed by atoms with van der Waals surface area (Å²) in [5.74, 6) is 0.701. The summed E-state index contributed by atoms with van der Waals surface area (Å²) < 4.78 is 22.1. The zero-order chi connectivity index (χ0) is 23.1. The number of anilines is 1. The van der Waals surface area contributed by atoms with Crippen molar-refractivity contribution in [3.8, 4) is 17.0 Å². The smallest absolute Gasteiger partial charge is 0.215 e. The molecule has 6 nitrogen and oxygen atoms in total. The monoisotopic (exact) mass is 458 g/mol. The molecular formula is C24H31FN4O2S. The number of aliphatic hydroxyl groups excluding tert-OH is 1. The normalized spacial score (nSPS) is 16.3. The molecule has 0 saturated heterocycles. The van der Waals surface area contributed by atoms with Gasteiger partial charge in [0.1, 0.15) is 17.2 Å². The summed E-state index contributed by atoms with van der Waals surface area (Å²) in [6, 6.07) is 5.19. The molecule has 172 valence electrons. The van der Waals surface area contributed by atoms with Crippen molar-refractivity contribution in [2.75, 3.05) is 25.6 Å². The van der Waals surface area contributed by atoms with E-state index in [9.17, 15) is 9.50 Å². The molecule has 3 heterocycles. The van der Waals surface area contributed by atoms with Crippen LogP contribution in [0.2, 0.25) is 0 Å². The van der Waals surface area contributed by atoms with Gasteiger partial charge in [-0.25, -0.2) is 9.97 Å². The molecule has 1 saturated carbocycles. The summed E-state index contributed by atoms with van der Waals surface area (Å²) >= 11 is 0. The molecule has 8 heteroatoms. The maximum absolute atomic E-state index is 14.4. The summed E-state index contributed by atoms with van der Waals surface area (Å²) in [5, 5.41) is 15.0. The fourth-order valence-corrected chi connectivity index (χ4v) is 6.12. The van der Waals surface area contributed by atoms with E-state index in [1.54, 1.807) is 13.3 Å². The first kappa shape index (κ1) is 22.7. The van der Waals surface area contributed by atoms with Gasteiger partial charge in [-0.05, 0) is 25.8 Å². The highest BCUT2D eigenvalue weighted by atomic mass is 32.2. The lowest BCUT2D eigenvalue weighted by Crippen LogP contribution is -2.19. The Balaban J connectivity index is 1.77. The Bertz CT molecular complexity index is 1180. The van der Waals surface area contributed by atoms with Crippen LogP contribution in [-0.2, 0) is 0 Å². The standard InChI is InChI=1S/C24H31FN4O2S/c1-6-32(23(2,3)4)19-13-29-17(12-26-22(29)11-18(19)31-5)16-9-20(25)28-21(10-16)27-14-24(15-30)7-8-24/h6,9-13,30H,7-8,14-15H2,1-5H3,(H,27,28). The van der Waals surface area contributed by atoms with Crippen molar-refractivity contribution in [3.05, 3.63) is 36.5 Å². The number of rotatable bonds is 7. The molecule has 0 amide bonds. The Morgan fingerprint density at radius 3 is 2.66 bits per heavy atom. The second-order valence-electron chi connectivity index (χ2n) is 9.34. The highest BCUT2D eigenvalue weighted by molar-refractivity contribution is 8.16. The van der Waals surface area contributed by atoms with Gasteiger partial charge in [-0.3, -0.25) is 4.40 Å². The number of aromatic nitrogens is 3. The fraction of sp³-hybridized carbons (Fsp3) is 0.458. The van der Waals surface area contributed by atoms with E-state index in [0.29, 0.717) is 17.9 Å². The summed E-state index contributed by atoms with van der Waals surface area (Å²) in [5.41, 5.74) is 2.11. The Labute approximate surface area is 190 Å². The number of hydrogen-bond donors (Lipinski definition) is 2. The van der Waals surface area contributed by atoms with Crippen LogP contribution < -0.4 is 10.1 Å². The van der Waals surface area contributed by atoms with E-state index in [-0.39, 0.29) is 27.3 Å². The molecular weight excluding hydrogens is 427 g/mol. The number of nitrogens with zero attached hydrogens (tertiary/aromatic N) is 3. The lowest BCUT2D eigenvalue weighted by atomic mass is 10.1. The molecule has 4 rings (SSSR count). The van der Waals surface area contributed by atoms with Crippen molar-refractivity contribution >= 4 is 27.3 Å². The Morgan fingerprint density at radius 2 is 2.06 bits per heavy atom. The van der Waals surface area contributed by atoms with Gasteiger partial charge in [-0.1, -0.05) is 26.1 Å². The third kappa shape index (κ3) is 4.38. The van der Waals surface area contributed by atoms with Crippen molar-refractivity contribution in [3.63, 3.8) is 0 Å². The Hall–Kier alpha value is -2.45. The van der Waals surface area contributed by atoms with Gasteiger partial charge in [0.05, 0.1) is 30.5 Å². The van der Waals surface area contributed by atoms with Crippen LogP contribution in [0.15, 0.2) is 35.5 Å². The number of ether oxygens (including phenoxy) is 1. The third-order valence-corrected chi connectivity index (χ3v) is 8.53. The lowest BCUT2D eigenvalue weighted by Gasteiger charge is -2.26. The van der Waals surface area contributed by atoms with E-state index in [4.69, 9.17) is 4.74 Å². The summed E-state index contributed by atoms with van der Waals surface area (Å²) in [6.07, 6.45) is 5.75. The van der Waals surface area contributed by atoms with E-state index < -0.39 is 5.95 Å². The second kappa shape index (κ2) is 8.48. The molecule has 3 aromatic rings. The summed E-state index contributed by atoms with van der Waals surface area (Å²) in [7, 11) is 1.51. The topological polar surface area (TPSA) is 71.7 Å². The average Bonchev–Trinajstić information content (AvgIpc) is 3.42. The SMILES string of the molecule is C/C=S(\c1cn2c(-c3cc(F)nc(NCC4(CO)CC4)c3)cnc2cc1OC)C(C)(C)C. The summed E-state index contributed by atoms with van der Waals surface area (Å²) in [6.45, 7) is 9.41. The molecule has 32 heavy (non-hydrogen) atoms. The lowest BCUT2D eigenvalue weighted by molar-refractivity contribution is 0.219. The summed E-state index contributed by atoms with van der Waals surface area (Å²) in [4.78, 5) is 9.62. The zero-order valence-electron chi connectivity index (χ0n) is 19.3. The predicted molar refractivity (Wildman–Crippen MR) is 130 cm³/mol. The number of pyridine rings is 2. The highest BCUT2D eigenvalue weighted by Gasteiger charge is 2.41. The van der Waals surface area contributed by atoms with Gasteiger partial charge in [-0.2, -0.15) is 4.39 Å². The minimum absolute atomic E-state index is 0.0296. The number of halogens is 1. The van der Waals surface area contributed by atoms with E-state index in [1.165, 1.54) is 6.07 Å². The average molecular weight is 459 g/mol. The van der Waals surface area contributed by atoms with Crippen LogP contribution in [0.5, 0.6) is 5.75 Å². The predicted octanol–water partition coefficient (Wildman–Crippen LogP) is 4.98. The third-order valence-electron chi connectivity index (χ3n) is 5.95. The van der Waals surface area contributed by atoms with Crippen molar-refractivity contribution in [2.45, 2.75) is 50.2 Å². The van der Waals surface area contributed by atoms with Crippen molar-refractivity contribution < 1.29 is 14.2 Å². The molecule has 0 aromatic carbocycles. The van der Waals surface area contributed by atoms with E-state index in [1.807, 2.05) is 16.5 Å². The number of fused-ring (bicyclic) bond motifs is 1. The van der Waals surface area contributed by atoms with Crippen molar-refractivity contribution in [1.29, 1.82) is 0 Å². The number of aliphatic hydroxyl groups is 1. The van der Waals surface area contributed by atoms with E-state index >= 15 is 0 Å². The van der Waals surface area contributed by atoms with Gasteiger partial charge in [0.25, 0.3) is 0 Å². The number of hydrogen-bond acceptors (Lipinski definition) is 5. The van der Waals surface area contributed by atoms with Gasteiger partial charge in [0.2, 0.25) is 5.95 Å². The molecule has 3 aromatic heterocycles. The second-order valence-corrected chi connectivity index (χ2v) is 12.2. The van der Waals surface area contributed by atoms with Gasteiger partial charge in [0.15, 0.2) is 0 Å². The Kier molecular flexibility index (Phi) is 6.02. The van der Waals surface area contributed by atoms with Crippen molar-refractivity contribution in [2.24, 2.45) is 5.41 Å². The quantitative estimate of drug-likeness (QED) is 0.386. The highest BCUT2D eigenvalue weighted by Crippen LogP contribution is 2.46.